The van der Waals surface area contributed by atoms with Crippen molar-refractivity contribution in [3.05, 3.63) is 0 Å². The number of hydrogen-bond donors (Lipinski definition) is 0. The van der Waals surface area contributed by atoms with Crippen LogP contribution in [0.3, 0.4) is 0 Å². The molecule has 0 aromatic rings. The van der Waals surface area contributed by atoms with Gasteiger partial charge in [0, 0.05) is 20.1 Å². The first-order valence-corrected chi connectivity index (χ1v) is 5.02. The molecule has 0 atom stereocenters. The van der Waals surface area contributed by atoms with Crippen LogP contribution in [0.1, 0.15) is 20.3 Å². The topological polar surface area (TPSA) is 40.6 Å². The minimum atomic E-state index is -0.243. The van der Waals surface area contributed by atoms with Crippen LogP contribution in [0.4, 0.5) is 0 Å². The van der Waals surface area contributed by atoms with Gasteiger partial charge in [-0.25, -0.2) is 0 Å². The summed E-state index contributed by atoms with van der Waals surface area (Å²) >= 11 is 4.65. The van der Waals surface area contributed by atoms with Crippen molar-refractivity contribution in [2.45, 2.75) is 20.3 Å². The highest BCUT2D eigenvalue weighted by Crippen LogP contribution is 1.96. The van der Waals surface area contributed by atoms with Gasteiger partial charge < -0.3 is 9.80 Å². The second kappa shape index (κ2) is 6.48. The molecule has 0 aliphatic rings. The van der Waals surface area contributed by atoms with Crippen LogP contribution < -0.4 is 0 Å². The molecule has 0 N–H and O–H groups in total. The van der Waals surface area contributed by atoms with Crippen molar-refractivity contribution in [1.82, 2.24) is 9.80 Å². The fourth-order valence-electron chi connectivity index (χ4n) is 0.852. The van der Waals surface area contributed by atoms with E-state index in [0.717, 1.165) is 0 Å². The Labute approximate surface area is 89.9 Å². The van der Waals surface area contributed by atoms with E-state index in [0.29, 0.717) is 13.1 Å². The van der Waals surface area contributed by atoms with E-state index in [1.165, 1.54) is 15.3 Å². The van der Waals surface area contributed by atoms with Crippen LogP contribution in [-0.2, 0) is 9.59 Å². The Hall–Kier alpha value is -0.970. The van der Waals surface area contributed by atoms with Crippen LogP contribution >= 0.6 is 12.2 Å². The lowest BCUT2D eigenvalue weighted by molar-refractivity contribution is -0.137. The van der Waals surface area contributed by atoms with Gasteiger partial charge >= 0.3 is 0 Å². The SMILES string of the molecule is CCN(C)C(=O)CC(=O)N(C=S)CC. The zero-order valence-corrected chi connectivity index (χ0v) is 9.63. The minimum Gasteiger partial charge on any atom is -0.346 e. The molecular weight excluding hydrogens is 200 g/mol. The third-order valence-electron chi connectivity index (χ3n) is 1.99. The van der Waals surface area contributed by atoms with E-state index in [2.05, 4.69) is 12.2 Å². The van der Waals surface area contributed by atoms with E-state index in [9.17, 15) is 9.59 Å². The Morgan fingerprint density at radius 1 is 1.21 bits per heavy atom. The summed E-state index contributed by atoms with van der Waals surface area (Å²) in [5.41, 5.74) is 1.28. The van der Waals surface area contributed by atoms with Crippen LogP contribution in [-0.4, -0.2) is 47.2 Å². The smallest absolute Gasteiger partial charge is 0.236 e. The second-order valence-electron chi connectivity index (χ2n) is 2.87. The van der Waals surface area contributed by atoms with Crippen LogP contribution in [0.5, 0.6) is 0 Å². The largest absolute Gasteiger partial charge is 0.346 e. The van der Waals surface area contributed by atoms with E-state index >= 15 is 0 Å². The Kier molecular flexibility index (Phi) is 6.03. The molecule has 0 saturated carbocycles. The fourth-order valence-corrected chi connectivity index (χ4v) is 1.12. The van der Waals surface area contributed by atoms with Gasteiger partial charge in [-0.3, -0.25) is 9.59 Å². The molecule has 0 saturated heterocycles. The van der Waals surface area contributed by atoms with Gasteiger partial charge in [-0.05, 0) is 13.8 Å². The van der Waals surface area contributed by atoms with E-state index < -0.39 is 0 Å². The molecule has 80 valence electrons. The summed E-state index contributed by atoms with van der Waals surface area (Å²) in [5.74, 6) is -0.416. The molecule has 0 rings (SSSR count). The fraction of sp³-hybridized carbons (Fsp3) is 0.667. The van der Waals surface area contributed by atoms with Crippen molar-refractivity contribution in [2.75, 3.05) is 20.1 Å². The summed E-state index contributed by atoms with van der Waals surface area (Å²) in [7, 11) is 1.67. The zero-order valence-electron chi connectivity index (χ0n) is 8.82. The van der Waals surface area contributed by atoms with E-state index in [1.54, 1.807) is 7.05 Å². The van der Waals surface area contributed by atoms with Gasteiger partial charge in [-0.15, -0.1) is 0 Å². The third kappa shape index (κ3) is 3.83. The molecule has 0 aromatic carbocycles. The average molecular weight is 216 g/mol. The van der Waals surface area contributed by atoms with Crippen molar-refractivity contribution in [3.63, 3.8) is 0 Å². The van der Waals surface area contributed by atoms with Crippen LogP contribution in [0.15, 0.2) is 0 Å². The predicted octanol–water partition coefficient (Wildman–Crippen LogP) is 0.660. The molecule has 4 nitrogen and oxygen atoms in total. The molecule has 5 heteroatoms. The maximum absolute atomic E-state index is 11.4. The molecule has 0 radical (unpaired) electrons. The maximum Gasteiger partial charge on any atom is 0.236 e. The molecule has 0 spiro atoms. The van der Waals surface area contributed by atoms with Crippen molar-refractivity contribution in [2.24, 2.45) is 0 Å². The highest BCUT2D eigenvalue weighted by atomic mass is 32.1. The Morgan fingerprint density at radius 2 is 1.79 bits per heavy atom. The lowest BCUT2D eigenvalue weighted by Gasteiger charge is -2.17. The van der Waals surface area contributed by atoms with Crippen LogP contribution in [0, 0.1) is 0 Å². The summed E-state index contributed by atoms with van der Waals surface area (Å²) < 4.78 is 0. The molecule has 0 aromatic heterocycles. The van der Waals surface area contributed by atoms with E-state index in [1.807, 2.05) is 13.8 Å². The molecule has 14 heavy (non-hydrogen) atoms. The summed E-state index contributed by atoms with van der Waals surface area (Å²) in [6, 6.07) is 0. The summed E-state index contributed by atoms with van der Waals surface area (Å²) in [6.07, 6.45) is -0.106. The first-order chi connectivity index (χ1) is 6.56. The Bertz CT molecular complexity index is 231. The number of hydrogen-bond acceptors (Lipinski definition) is 3. The molecule has 0 fully saturated rings. The van der Waals surface area contributed by atoms with Crippen molar-refractivity contribution in [3.8, 4) is 0 Å². The first kappa shape index (κ1) is 13.0. The van der Waals surface area contributed by atoms with Crippen molar-refractivity contribution >= 4 is 29.5 Å². The molecule has 0 bridgehead atoms. The standard InChI is InChI=1S/C9H16N2O2S/c1-4-10(3)8(12)6-9(13)11(5-2)7-14/h7H,4-6H2,1-3H3. The molecule has 0 unspecified atom stereocenters. The predicted molar refractivity (Wildman–Crippen MR) is 59.0 cm³/mol. The minimum absolute atomic E-state index is 0.106. The zero-order chi connectivity index (χ0) is 11.1. The molecule has 0 heterocycles. The molecule has 2 amide bonds. The van der Waals surface area contributed by atoms with Crippen molar-refractivity contribution < 1.29 is 9.59 Å². The Morgan fingerprint density at radius 3 is 2.14 bits per heavy atom. The van der Waals surface area contributed by atoms with Crippen LogP contribution in [0.2, 0.25) is 0 Å². The van der Waals surface area contributed by atoms with Gasteiger partial charge in [0.05, 0.1) is 5.49 Å². The quantitative estimate of drug-likeness (QED) is 0.501. The van der Waals surface area contributed by atoms with Gasteiger partial charge in [0.25, 0.3) is 0 Å². The number of carbonyl (C=O) groups is 2. The molecule has 0 aliphatic carbocycles. The molecular formula is C9H16N2O2S. The lowest BCUT2D eigenvalue weighted by atomic mass is 10.3. The second-order valence-corrected chi connectivity index (χ2v) is 3.08. The highest BCUT2D eigenvalue weighted by Gasteiger charge is 2.16. The monoisotopic (exact) mass is 216 g/mol. The number of thiocarbonyl (C=S) groups is 1. The van der Waals surface area contributed by atoms with Crippen molar-refractivity contribution in [1.29, 1.82) is 0 Å². The van der Waals surface area contributed by atoms with Gasteiger partial charge in [0.1, 0.15) is 6.42 Å². The van der Waals surface area contributed by atoms with E-state index in [-0.39, 0.29) is 18.2 Å². The highest BCUT2D eigenvalue weighted by molar-refractivity contribution is 7.78. The average Bonchev–Trinajstić information content (AvgIpc) is 2.18. The van der Waals surface area contributed by atoms with Gasteiger partial charge in [-0.2, -0.15) is 0 Å². The summed E-state index contributed by atoms with van der Waals surface area (Å²) in [4.78, 5) is 25.6. The summed E-state index contributed by atoms with van der Waals surface area (Å²) in [6.45, 7) is 4.79. The number of carbonyl (C=O) groups excluding carboxylic acids is 2. The number of nitrogens with zero attached hydrogens (tertiary/aromatic N) is 2. The Balaban J connectivity index is 4.17. The maximum atomic E-state index is 11.4. The third-order valence-corrected chi connectivity index (χ3v) is 2.25. The lowest BCUT2D eigenvalue weighted by Crippen LogP contribution is -2.35. The van der Waals surface area contributed by atoms with Gasteiger partial charge in [0.2, 0.25) is 11.8 Å². The summed E-state index contributed by atoms with van der Waals surface area (Å²) in [5, 5.41) is 0. The van der Waals surface area contributed by atoms with Crippen LogP contribution in [0.25, 0.3) is 0 Å². The normalized spacial score (nSPS) is 9.36. The van der Waals surface area contributed by atoms with Gasteiger partial charge in [-0.1, -0.05) is 12.2 Å². The molecule has 0 aliphatic heterocycles. The first-order valence-electron chi connectivity index (χ1n) is 4.55. The van der Waals surface area contributed by atoms with E-state index in [4.69, 9.17) is 0 Å². The van der Waals surface area contributed by atoms with Gasteiger partial charge in [0.15, 0.2) is 0 Å². The number of rotatable bonds is 5. The number of amides is 2.